The molecule has 3 aromatic heterocycles. The van der Waals surface area contributed by atoms with Crippen LogP contribution in [-0.4, -0.2) is 43.8 Å². The molecule has 0 aliphatic heterocycles. The number of pyridine rings is 1. The molecule has 9 heteroatoms. The monoisotopic (exact) mass is 387 g/mol. The molecule has 4 aromatic rings. The van der Waals surface area contributed by atoms with E-state index in [1.54, 1.807) is 36.7 Å². The summed E-state index contributed by atoms with van der Waals surface area (Å²) in [6, 6.07) is 16.2. The zero-order valence-electron chi connectivity index (χ0n) is 15.5. The van der Waals surface area contributed by atoms with E-state index in [1.165, 1.54) is 11.7 Å². The number of nitrogens with one attached hydrogen (secondary N) is 3. The van der Waals surface area contributed by atoms with E-state index in [2.05, 4.69) is 30.9 Å². The maximum atomic E-state index is 12.8. The van der Waals surface area contributed by atoms with Crippen molar-refractivity contribution in [2.75, 3.05) is 12.4 Å². The third kappa shape index (κ3) is 3.74. The number of benzene rings is 1. The summed E-state index contributed by atoms with van der Waals surface area (Å²) in [5, 5.41) is 16.3. The number of amides is 2. The average Bonchev–Trinajstić information content (AvgIpc) is 3.44. The summed E-state index contributed by atoms with van der Waals surface area (Å²) in [6.07, 6.45) is 3.20. The van der Waals surface area contributed by atoms with Crippen LogP contribution in [0.25, 0.3) is 17.1 Å². The lowest BCUT2D eigenvalue weighted by Gasteiger charge is -2.05. The predicted molar refractivity (Wildman–Crippen MR) is 107 cm³/mol. The lowest BCUT2D eigenvalue weighted by Crippen LogP contribution is -2.22. The van der Waals surface area contributed by atoms with Crippen LogP contribution in [0.2, 0.25) is 0 Å². The molecule has 4 rings (SSSR count). The van der Waals surface area contributed by atoms with Gasteiger partial charge < -0.3 is 10.6 Å². The van der Waals surface area contributed by atoms with Crippen molar-refractivity contribution in [2.45, 2.75) is 0 Å². The molecule has 0 saturated carbocycles. The van der Waals surface area contributed by atoms with E-state index < -0.39 is 11.8 Å². The highest BCUT2D eigenvalue weighted by Crippen LogP contribution is 2.19. The Bertz CT molecular complexity index is 1150. The molecule has 0 fully saturated rings. The van der Waals surface area contributed by atoms with E-state index in [1.807, 2.05) is 30.3 Å². The van der Waals surface area contributed by atoms with Gasteiger partial charge in [0, 0.05) is 13.2 Å². The third-order valence-corrected chi connectivity index (χ3v) is 4.18. The van der Waals surface area contributed by atoms with E-state index in [-0.39, 0.29) is 17.1 Å². The second kappa shape index (κ2) is 7.77. The SMILES string of the molecule is CNC(=O)c1nn(-c2ccccc2)cc1NC(=O)c1cccc(-c2ccn[nH]2)n1. The summed E-state index contributed by atoms with van der Waals surface area (Å²) in [7, 11) is 1.50. The minimum Gasteiger partial charge on any atom is -0.354 e. The molecule has 0 spiro atoms. The maximum Gasteiger partial charge on any atom is 0.274 e. The molecule has 0 radical (unpaired) electrons. The number of hydrogen-bond acceptors (Lipinski definition) is 5. The van der Waals surface area contributed by atoms with Crippen LogP contribution in [0.5, 0.6) is 0 Å². The summed E-state index contributed by atoms with van der Waals surface area (Å²) in [4.78, 5) is 29.4. The van der Waals surface area contributed by atoms with Crippen LogP contribution >= 0.6 is 0 Å². The van der Waals surface area contributed by atoms with Crippen LogP contribution in [0, 0.1) is 0 Å². The summed E-state index contributed by atoms with van der Waals surface area (Å²) in [5.74, 6) is -0.863. The maximum absolute atomic E-state index is 12.8. The Balaban J connectivity index is 1.65. The van der Waals surface area contributed by atoms with Gasteiger partial charge in [0.15, 0.2) is 5.69 Å². The molecule has 0 saturated heterocycles. The second-order valence-corrected chi connectivity index (χ2v) is 6.08. The van der Waals surface area contributed by atoms with Gasteiger partial charge in [-0.25, -0.2) is 9.67 Å². The molecule has 3 N–H and O–H groups in total. The number of carbonyl (C=O) groups excluding carboxylic acids is 2. The number of nitrogens with zero attached hydrogens (tertiary/aromatic N) is 4. The lowest BCUT2D eigenvalue weighted by atomic mass is 10.2. The lowest BCUT2D eigenvalue weighted by molar-refractivity contribution is 0.0958. The molecule has 144 valence electrons. The minimum absolute atomic E-state index is 0.106. The van der Waals surface area contributed by atoms with Gasteiger partial charge in [-0.05, 0) is 30.3 Å². The Morgan fingerprint density at radius 1 is 1.00 bits per heavy atom. The third-order valence-electron chi connectivity index (χ3n) is 4.18. The molecular weight excluding hydrogens is 370 g/mol. The van der Waals surface area contributed by atoms with Crippen molar-refractivity contribution in [3.05, 3.63) is 78.4 Å². The molecule has 0 atom stereocenters. The predicted octanol–water partition coefficient (Wildman–Crippen LogP) is 2.27. The van der Waals surface area contributed by atoms with Gasteiger partial charge in [0.2, 0.25) is 0 Å². The van der Waals surface area contributed by atoms with Gasteiger partial charge in [0.25, 0.3) is 11.8 Å². The Morgan fingerprint density at radius 3 is 2.55 bits per heavy atom. The van der Waals surface area contributed by atoms with E-state index in [4.69, 9.17) is 0 Å². The highest BCUT2D eigenvalue weighted by atomic mass is 16.2. The number of para-hydroxylation sites is 1. The van der Waals surface area contributed by atoms with Crippen molar-refractivity contribution >= 4 is 17.5 Å². The van der Waals surface area contributed by atoms with E-state index in [0.717, 1.165) is 5.69 Å². The molecule has 0 bridgehead atoms. The zero-order valence-corrected chi connectivity index (χ0v) is 15.5. The molecule has 0 aliphatic rings. The van der Waals surface area contributed by atoms with Crippen molar-refractivity contribution in [2.24, 2.45) is 0 Å². The Hall–Kier alpha value is -4.27. The molecule has 3 heterocycles. The smallest absolute Gasteiger partial charge is 0.274 e. The standard InChI is InChI=1S/C20H17N7O2/c1-21-20(29)18-17(12-27(26-18)13-6-3-2-4-7-13)24-19(28)16-9-5-8-14(23-16)15-10-11-22-25-15/h2-12H,1H3,(H,21,29)(H,22,25)(H,24,28). The van der Waals surface area contributed by atoms with Crippen molar-refractivity contribution in [1.82, 2.24) is 30.3 Å². The minimum atomic E-state index is -0.455. The number of aromatic amines is 1. The van der Waals surface area contributed by atoms with Crippen LogP contribution < -0.4 is 10.6 Å². The first-order valence-corrected chi connectivity index (χ1v) is 8.81. The van der Waals surface area contributed by atoms with Gasteiger partial charge in [0.05, 0.1) is 29.0 Å². The number of carbonyl (C=O) groups is 2. The van der Waals surface area contributed by atoms with E-state index in [0.29, 0.717) is 11.4 Å². The van der Waals surface area contributed by atoms with Crippen LogP contribution in [-0.2, 0) is 0 Å². The summed E-state index contributed by atoms with van der Waals surface area (Å²) >= 11 is 0. The van der Waals surface area contributed by atoms with Gasteiger partial charge in [0.1, 0.15) is 5.69 Å². The molecule has 2 amide bonds. The largest absolute Gasteiger partial charge is 0.354 e. The fourth-order valence-corrected chi connectivity index (χ4v) is 2.76. The van der Waals surface area contributed by atoms with Crippen LogP contribution in [0.4, 0.5) is 5.69 Å². The first-order chi connectivity index (χ1) is 14.2. The Labute approximate surface area is 165 Å². The van der Waals surface area contributed by atoms with Gasteiger partial charge >= 0.3 is 0 Å². The van der Waals surface area contributed by atoms with E-state index >= 15 is 0 Å². The first-order valence-electron chi connectivity index (χ1n) is 8.81. The van der Waals surface area contributed by atoms with Gasteiger partial charge in [-0.3, -0.25) is 14.7 Å². The van der Waals surface area contributed by atoms with Gasteiger partial charge in [-0.1, -0.05) is 24.3 Å². The topological polar surface area (TPSA) is 118 Å². The summed E-state index contributed by atoms with van der Waals surface area (Å²) < 4.78 is 1.54. The Kier molecular flexibility index (Phi) is 4.85. The van der Waals surface area contributed by atoms with Crippen molar-refractivity contribution in [3.63, 3.8) is 0 Å². The highest BCUT2D eigenvalue weighted by molar-refractivity contribution is 6.07. The molecule has 0 aliphatic carbocycles. The summed E-state index contributed by atoms with van der Waals surface area (Å²) in [5.41, 5.74) is 2.63. The fourth-order valence-electron chi connectivity index (χ4n) is 2.76. The van der Waals surface area contributed by atoms with Gasteiger partial charge in [-0.2, -0.15) is 10.2 Å². The Morgan fingerprint density at radius 2 is 1.83 bits per heavy atom. The summed E-state index contributed by atoms with van der Waals surface area (Å²) in [6.45, 7) is 0. The second-order valence-electron chi connectivity index (χ2n) is 6.08. The highest BCUT2D eigenvalue weighted by Gasteiger charge is 2.20. The number of rotatable bonds is 5. The van der Waals surface area contributed by atoms with Crippen LogP contribution in [0.1, 0.15) is 21.0 Å². The van der Waals surface area contributed by atoms with Crippen molar-refractivity contribution in [1.29, 1.82) is 0 Å². The number of hydrogen-bond donors (Lipinski definition) is 3. The number of anilines is 1. The van der Waals surface area contributed by atoms with Crippen molar-refractivity contribution < 1.29 is 9.59 Å². The number of aromatic nitrogens is 5. The van der Waals surface area contributed by atoms with Crippen LogP contribution in [0.15, 0.2) is 67.0 Å². The molecule has 29 heavy (non-hydrogen) atoms. The van der Waals surface area contributed by atoms with E-state index in [9.17, 15) is 9.59 Å². The average molecular weight is 387 g/mol. The molecular formula is C20H17N7O2. The first kappa shape index (κ1) is 18.1. The molecule has 0 unspecified atom stereocenters. The number of H-pyrrole nitrogens is 1. The normalized spacial score (nSPS) is 10.5. The molecule has 9 nitrogen and oxygen atoms in total. The van der Waals surface area contributed by atoms with Crippen LogP contribution in [0.3, 0.4) is 0 Å². The van der Waals surface area contributed by atoms with Crippen molar-refractivity contribution in [3.8, 4) is 17.1 Å². The van der Waals surface area contributed by atoms with Gasteiger partial charge in [-0.15, -0.1) is 0 Å². The quantitative estimate of drug-likeness (QED) is 0.486. The zero-order chi connectivity index (χ0) is 20.2. The molecule has 1 aromatic carbocycles. The fraction of sp³-hybridized carbons (Fsp3) is 0.0500.